The highest BCUT2D eigenvalue weighted by molar-refractivity contribution is 6.75. The first-order valence-electron chi connectivity index (χ1n) is 11.6. The average molecular weight is 497 g/mol. The molecular weight excluding hydrogens is 452 g/mol. The summed E-state index contributed by atoms with van der Waals surface area (Å²) < 4.78 is 18.5. The van der Waals surface area contributed by atoms with Crippen LogP contribution in [0.25, 0.3) is 5.53 Å². The summed E-state index contributed by atoms with van der Waals surface area (Å²) >= 11 is 0. The predicted octanol–water partition coefficient (Wildman–Crippen LogP) is 5.74. The maximum absolute atomic E-state index is 13.5. The topological polar surface area (TPSA) is 98.2 Å². The van der Waals surface area contributed by atoms with E-state index in [1.165, 1.54) is 0 Å². The van der Waals surface area contributed by atoms with Crippen molar-refractivity contribution in [3.8, 4) is 0 Å². The molecule has 0 aromatic rings. The van der Waals surface area contributed by atoms with Crippen molar-refractivity contribution >= 4 is 34.1 Å². The van der Waals surface area contributed by atoms with E-state index in [0.29, 0.717) is 12.2 Å². The smallest absolute Gasteiger partial charge is 0.441 e. The highest BCUT2D eigenvalue weighted by Gasteiger charge is 2.58. The number of carbonyl (C=O) groups is 2. The second kappa shape index (κ2) is 9.60. The zero-order chi connectivity index (χ0) is 26.2. The van der Waals surface area contributed by atoms with Crippen LogP contribution < -0.4 is 0 Å². The van der Waals surface area contributed by atoms with Gasteiger partial charge in [0, 0.05) is 0 Å². The molecule has 3 atom stereocenters. The van der Waals surface area contributed by atoms with Crippen LogP contribution >= 0.6 is 0 Å². The van der Waals surface area contributed by atoms with Gasteiger partial charge in [0.15, 0.2) is 8.32 Å². The third kappa shape index (κ3) is 5.94. The molecule has 0 unspecified atom stereocenters. The number of ether oxygens (including phenoxy) is 1. The molecule has 9 heteroatoms. The molecule has 0 saturated carbocycles. The molecule has 0 aliphatic heterocycles. The summed E-state index contributed by atoms with van der Waals surface area (Å²) in [6.45, 7) is 25.3. The lowest BCUT2D eigenvalue weighted by atomic mass is 9.81. The monoisotopic (exact) mass is 496 g/mol. The van der Waals surface area contributed by atoms with E-state index in [4.69, 9.17) is 8.85 Å². The summed E-state index contributed by atoms with van der Waals surface area (Å²) in [7, 11) is -3.52. The Morgan fingerprint density at radius 1 is 1.09 bits per heavy atom. The maximum Gasteiger partial charge on any atom is 0.441 e. The lowest BCUT2D eigenvalue weighted by Gasteiger charge is -2.49. The lowest BCUT2D eigenvalue weighted by Crippen LogP contribution is -2.57. The Kier molecular flexibility index (Phi) is 8.58. The van der Waals surface area contributed by atoms with Crippen molar-refractivity contribution in [3.63, 3.8) is 0 Å². The molecule has 188 valence electrons. The Morgan fingerprint density at radius 3 is 1.97 bits per heavy atom. The Hall–Kier alpha value is -1.55. The minimum Gasteiger partial charge on any atom is -0.545 e. The number of hydrogen-bond donors (Lipinski definition) is 0. The quantitative estimate of drug-likeness (QED) is 0.106. The van der Waals surface area contributed by atoms with Gasteiger partial charge in [0.05, 0.1) is 13.0 Å². The van der Waals surface area contributed by atoms with Gasteiger partial charge in [0.1, 0.15) is 11.4 Å². The first kappa shape index (κ1) is 29.5. The molecule has 7 nitrogen and oxygen atoms in total. The number of nitrogens with zero attached hydrogens (tertiary/aromatic N) is 2. The second-order valence-electron chi connectivity index (χ2n) is 12.4. The van der Waals surface area contributed by atoms with Gasteiger partial charge in [0.2, 0.25) is 8.32 Å². The number of hydrogen-bond acceptors (Lipinski definition) is 5. The zero-order valence-corrected chi connectivity index (χ0v) is 24.9. The van der Waals surface area contributed by atoms with Crippen LogP contribution in [0.5, 0.6) is 0 Å². The van der Waals surface area contributed by atoms with Gasteiger partial charge in [-0.15, -0.1) is 0 Å². The number of allylic oxidation sites excluding steroid dienone is 1. The summed E-state index contributed by atoms with van der Waals surface area (Å²) in [6, 6.07) is 0. The predicted molar refractivity (Wildman–Crippen MR) is 136 cm³/mol. The van der Waals surface area contributed by atoms with Gasteiger partial charge in [-0.2, -0.15) is 4.79 Å². The minimum atomic E-state index is -2.40. The molecule has 0 aromatic carbocycles. The van der Waals surface area contributed by atoms with Gasteiger partial charge in [-0.25, -0.2) is 4.79 Å². The summed E-state index contributed by atoms with van der Waals surface area (Å²) in [5, 5.41) is -0.174. The molecular formula is C24H44N2O5Si2. The van der Waals surface area contributed by atoms with Crippen LogP contribution in [0.15, 0.2) is 11.8 Å². The van der Waals surface area contributed by atoms with Crippen molar-refractivity contribution in [2.75, 3.05) is 7.11 Å². The highest BCUT2D eigenvalue weighted by atomic mass is 28.4. The third-order valence-electron chi connectivity index (χ3n) is 7.70. The van der Waals surface area contributed by atoms with Crippen molar-refractivity contribution < 1.29 is 28.0 Å². The molecule has 0 heterocycles. The van der Waals surface area contributed by atoms with Gasteiger partial charge >= 0.3 is 11.7 Å². The van der Waals surface area contributed by atoms with E-state index in [0.717, 1.165) is 7.11 Å². The highest BCUT2D eigenvalue weighted by Crippen LogP contribution is 2.51. The molecule has 0 amide bonds. The van der Waals surface area contributed by atoms with Crippen molar-refractivity contribution in [1.82, 2.24) is 0 Å². The lowest BCUT2D eigenvalue weighted by molar-refractivity contribution is -0.141. The number of methoxy groups -OCH3 is 1. The summed E-state index contributed by atoms with van der Waals surface area (Å²) in [6.07, 6.45) is 2.60. The number of ketones is 1. The number of Topliss-reactive ketones (excluding diaryl/α,β-unsaturated/α-hetero) is 1. The molecule has 0 radical (unpaired) electrons. The van der Waals surface area contributed by atoms with Crippen molar-refractivity contribution in [3.05, 3.63) is 17.4 Å². The fourth-order valence-electron chi connectivity index (χ4n) is 3.47. The average Bonchev–Trinajstić information content (AvgIpc) is 2.93. The summed E-state index contributed by atoms with van der Waals surface area (Å²) in [4.78, 5) is 28.6. The van der Waals surface area contributed by atoms with Crippen molar-refractivity contribution in [1.29, 1.82) is 0 Å². The number of carbonyl (C=O) groups excluding carboxylic acids is 2. The largest absolute Gasteiger partial charge is 0.545 e. The number of esters is 1. The minimum absolute atomic E-state index is 0.0562. The second-order valence-corrected chi connectivity index (χ2v) is 21.8. The molecule has 1 aliphatic carbocycles. The standard InChI is InChI=1S/C24H44N2O5Si2/c1-16-14-18(30-32(10,11)22(3,4)5)24(15-16,31-33(12,13)23(6,7)8)17(2)20(27)19(26-25)21(28)29-9/h14,16-17H,15H2,1-13H3/t16-,17-,24-/m0/s1. The number of rotatable bonds is 8. The Morgan fingerprint density at radius 2 is 1.58 bits per heavy atom. The van der Waals surface area contributed by atoms with E-state index in [9.17, 15) is 15.1 Å². The normalized spacial score (nSPS) is 22.8. The van der Waals surface area contributed by atoms with Crippen molar-refractivity contribution in [2.45, 2.75) is 104 Å². The molecule has 0 spiro atoms. The van der Waals surface area contributed by atoms with Gasteiger partial charge in [-0.3, -0.25) is 4.79 Å². The van der Waals surface area contributed by atoms with Gasteiger partial charge in [0.25, 0.3) is 5.78 Å². The van der Waals surface area contributed by atoms with Crippen molar-refractivity contribution in [2.24, 2.45) is 11.8 Å². The van der Waals surface area contributed by atoms with Gasteiger partial charge in [-0.05, 0) is 54.7 Å². The Balaban J connectivity index is 3.73. The molecule has 0 saturated heterocycles. The maximum atomic E-state index is 13.5. The molecule has 0 aromatic heterocycles. The SMILES string of the molecule is COC(=O)C(=[N+]=[N-])C(=O)[C@H](C)[C@@]1(O[Si](C)(C)C(C)(C)C)C[C@@H](C)C=C1O[Si](C)(C)C(C)(C)C. The van der Waals surface area contributed by atoms with E-state index >= 15 is 0 Å². The molecule has 33 heavy (non-hydrogen) atoms. The van der Waals surface area contributed by atoms with E-state index in [1.807, 2.05) is 0 Å². The molecule has 1 aliphatic rings. The van der Waals surface area contributed by atoms with Crippen LogP contribution in [0.1, 0.15) is 61.8 Å². The fraction of sp³-hybridized carbons (Fsp3) is 0.792. The first-order chi connectivity index (χ1) is 14.7. The van der Waals surface area contributed by atoms with Crippen LogP contribution in [-0.4, -0.2) is 51.6 Å². The molecule has 0 fully saturated rings. The van der Waals surface area contributed by atoms with Crippen LogP contribution in [0.4, 0.5) is 0 Å². The summed E-state index contributed by atoms with van der Waals surface area (Å²) in [5.74, 6) is -1.65. The van der Waals surface area contributed by atoms with Crippen LogP contribution in [0.3, 0.4) is 0 Å². The summed E-state index contributed by atoms with van der Waals surface area (Å²) in [5.41, 5.74) is 7.74. The van der Waals surface area contributed by atoms with Gasteiger partial charge < -0.3 is 19.1 Å². The molecule has 0 bridgehead atoms. The Labute approximate surface area is 202 Å². The van der Waals surface area contributed by atoms with E-state index in [2.05, 4.69) is 90.3 Å². The van der Waals surface area contributed by atoms with Crippen LogP contribution in [0.2, 0.25) is 36.3 Å². The molecule has 0 N–H and O–H groups in total. The Bertz CT molecular complexity index is 861. The first-order valence-corrected chi connectivity index (χ1v) is 17.4. The third-order valence-corrected chi connectivity index (χ3v) is 16.5. The molecule has 1 rings (SSSR count). The van der Waals surface area contributed by atoms with Gasteiger partial charge in [-0.1, -0.05) is 55.4 Å². The van der Waals surface area contributed by atoms with Crippen LogP contribution in [0, 0.1) is 11.8 Å². The van der Waals surface area contributed by atoms with E-state index < -0.39 is 45.6 Å². The van der Waals surface area contributed by atoms with E-state index in [-0.39, 0.29) is 16.0 Å². The fourth-order valence-corrected chi connectivity index (χ4v) is 6.14. The van der Waals surface area contributed by atoms with Crippen LogP contribution in [-0.2, 0) is 23.2 Å². The van der Waals surface area contributed by atoms with E-state index in [1.54, 1.807) is 6.92 Å². The zero-order valence-electron chi connectivity index (χ0n) is 22.9.